The maximum absolute atomic E-state index is 12.7. The minimum Gasteiger partial charge on any atom is -0.497 e. The van der Waals surface area contributed by atoms with Gasteiger partial charge in [-0.1, -0.05) is 18.2 Å². The number of anilines is 2. The molecule has 0 aliphatic heterocycles. The van der Waals surface area contributed by atoms with Crippen molar-refractivity contribution in [3.63, 3.8) is 0 Å². The van der Waals surface area contributed by atoms with Crippen LogP contribution in [0.1, 0.15) is 30.4 Å². The van der Waals surface area contributed by atoms with E-state index < -0.39 is 0 Å². The monoisotopic (exact) mass is 353 g/mol. The van der Waals surface area contributed by atoms with Gasteiger partial charge < -0.3 is 20.3 Å². The summed E-state index contributed by atoms with van der Waals surface area (Å²) < 4.78 is 5.34. The topological polar surface area (TPSA) is 53.6 Å². The van der Waals surface area contributed by atoms with Crippen LogP contribution in [0.15, 0.2) is 42.5 Å². The lowest BCUT2D eigenvalue weighted by Gasteiger charge is -2.43. The first-order valence-electron chi connectivity index (χ1n) is 8.96. The fourth-order valence-corrected chi connectivity index (χ4v) is 3.55. The van der Waals surface area contributed by atoms with Crippen molar-refractivity contribution >= 4 is 17.4 Å². The highest BCUT2D eigenvalue weighted by Crippen LogP contribution is 2.42. The molecule has 0 saturated heterocycles. The van der Waals surface area contributed by atoms with Crippen molar-refractivity contribution in [3.05, 3.63) is 53.6 Å². The van der Waals surface area contributed by atoms with Gasteiger partial charge >= 0.3 is 6.03 Å². The Morgan fingerprint density at radius 1 is 1.15 bits per heavy atom. The predicted octanol–water partition coefficient (Wildman–Crippen LogP) is 4.27. The van der Waals surface area contributed by atoms with Crippen molar-refractivity contribution in [1.82, 2.24) is 5.32 Å². The van der Waals surface area contributed by atoms with Crippen LogP contribution < -0.4 is 20.3 Å². The Morgan fingerprint density at radius 3 is 2.50 bits per heavy atom. The summed E-state index contributed by atoms with van der Waals surface area (Å²) in [5.74, 6) is 0.811. The molecule has 2 aromatic rings. The molecule has 5 nitrogen and oxygen atoms in total. The molecule has 0 aromatic heterocycles. The van der Waals surface area contributed by atoms with Crippen LogP contribution >= 0.6 is 0 Å². The fraction of sp³-hybridized carbons (Fsp3) is 0.381. The zero-order valence-electron chi connectivity index (χ0n) is 15.9. The summed E-state index contributed by atoms with van der Waals surface area (Å²) in [5.41, 5.74) is 3.75. The molecule has 26 heavy (non-hydrogen) atoms. The van der Waals surface area contributed by atoms with E-state index in [2.05, 4.69) is 16.7 Å². The van der Waals surface area contributed by atoms with Gasteiger partial charge in [0.25, 0.3) is 0 Å². The minimum atomic E-state index is -0.314. The van der Waals surface area contributed by atoms with E-state index in [-0.39, 0.29) is 11.6 Å². The molecule has 0 atom stereocenters. The van der Waals surface area contributed by atoms with Crippen molar-refractivity contribution in [3.8, 4) is 5.75 Å². The third-order valence-corrected chi connectivity index (χ3v) is 5.22. The van der Waals surface area contributed by atoms with Crippen LogP contribution in [-0.4, -0.2) is 27.2 Å². The summed E-state index contributed by atoms with van der Waals surface area (Å²) in [6.07, 6.45) is 2.97. The van der Waals surface area contributed by atoms with Gasteiger partial charge in [-0.05, 0) is 61.6 Å². The summed E-state index contributed by atoms with van der Waals surface area (Å²) in [5, 5.41) is 6.22. The van der Waals surface area contributed by atoms with Crippen molar-refractivity contribution in [2.24, 2.45) is 0 Å². The molecule has 2 N–H and O–H groups in total. The Morgan fingerprint density at radius 2 is 1.88 bits per heavy atom. The normalized spacial score (nSPS) is 14.9. The highest BCUT2D eigenvalue weighted by molar-refractivity contribution is 5.91. The van der Waals surface area contributed by atoms with Gasteiger partial charge in [0.2, 0.25) is 0 Å². The van der Waals surface area contributed by atoms with E-state index in [1.165, 1.54) is 0 Å². The van der Waals surface area contributed by atoms with E-state index in [1.54, 1.807) is 7.11 Å². The second kappa shape index (κ2) is 7.28. The number of hydrogen-bond donors (Lipinski definition) is 2. The third kappa shape index (κ3) is 3.47. The first-order valence-corrected chi connectivity index (χ1v) is 8.96. The van der Waals surface area contributed by atoms with Crippen LogP contribution in [0.4, 0.5) is 16.2 Å². The number of hydrogen-bond acceptors (Lipinski definition) is 3. The molecule has 1 fully saturated rings. The Labute approximate surface area is 155 Å². The molecule has 138 valence electrons. The van der Waals surface area contributed by atoms with Crippen LogP contribution in [0, 0.1) is 6.92 Å². The predicted molar refractivity (Wildman–Crippen MR) is 106 cm³/mol. The van der Waals surface area contributed by atoms with E-state index in [9.17, 15) is 4.79 Å². The van der Waals surface area contributed by atoms with Crippen LogP contribution in [0.25, 0.3) is 0 Å². The Bertz CT molecular complexity index is 798. The summed E-state index contributed by atoms with van der Waals surface area (Å²) in [6.45, 7) is 2.02. The van der Waals surface area contributed by atoms with E-state index in [0.717, 1.165) is 47.5 Å². The van der Waals surface area contributed by atoms with Crippen molar-refractivity contribution in [1.29, 1.82) is 0 Å². The molecule has 1 aliphatic carbocycles. The van der Waals surface area contributed by atoms with Crippen LogP contribution in [-0.2, 0) is 5.54 Å². The summed E-state index contributed by atoms with van der Waals surface area (Å²) in [4.78, 5) is 14.8. The number of amides is 2. The van der Waals surface area contributed by atoms with Crippen LogP contribution in [0.3, 0.4) is 0 Å². The molecule has 0 unspecified atom stereocenters. The number of nitrogens with one attached hydrogen (secondary N) is 2. The lowest BCUT2D eigenvalue weighted by molar-refractivity contribution is 0.184. The molecule has 3 rings (SSSR count). The van der Waals surface area contributed by atoms with Crippen LogP contribution in [0.5, 0.6) is 5.75 Å². The summed E-state index contributed by atoms with van der Waals surface area (Å²) >= 11 is 0. The molecular weight excluding hydrogens is 326 g/mol. The van der Waals surface area contributed by atoms with E-state index in [1.807, 2.05) is 62.3 Å². The summed E-state index contributed by atoms with van der Waals surface area (Å²) in [6, 6.07) is 13.7. The van der Waals surface area contributed by atoms with Crippen LogP contribution in [0.2, 0.25) is 0 Å². The Hall–Kier alpha value is -2.69. The van der Waals surface area contributed by atoms with E-state index in [4.69, 9.17) is 4.74 Å². The largest absolute Gasteiger partial charge is 0.497 e. The van der Waals surface area contributed by atoms with Crippen molar-refractivity contribution in [2.45, 2.75) is 31.7 Å². The number of ether oxygens (including phenoxy) is 1. The SMILES string of the molecule is COc1cccc(C2(NC(=O)Nc3cccc(N(C)C)c3C)CCC2)c1. The molecule has 1 aliphatic rings. The number of urea groups is 1. The number of benzene rings is 2. The number of carbonyl (C=O) groups is 1. The molecule has 1 saturated carbocycles. The number of methoxy groups -OCH3 is 1. The van der Waals surface area contributed by atoms with Gasteiger partial charge in [0.1, 0.15) is 5.75 Å². The average molecular weight is 353 g/mol. The molecule has 0 heterocycles. The molecule has 2 aromatic carbocycles. The fourth-order valence-electron chi connectivity index (χ4n) is 3.55. The molecular formula is C21H27N3O2. The van der Waals surface area contributed by atoms with Gasteiger partial charge in [-0.3, -0.25) is 0 Å². The Kier molecular flexibility index (Phi) is 5.07. The second-order valence-electron chi connectivity index (χ2n) is 7.09. The minimum absolute atomic E-state index is 0.175. The Balaban J connectivity index is 1.77. The quantitative estimate of drug-likeness (QED) is 0.844. The third-order valence-electron chi connectivity index (χ3n) is 5.22. The number of carbonyl (C=O) groups excluding carboxylic acids is 1. The van der Waals surface area contributed by atoms with Crippen molar-refractivity contribution < 1.29 is 9.53 Å². The van der Waals surface area contributed by atoms with Gasteiger partial charge in [-0.15, -0.1) is 0 Å². The second-order valence-corrected chi connectivity index (χ2v) is 7.09. The molecule has 0 radical (unpaired) electrons. The van der Waals surface area contributed by atoms with Gasteiger partial charge in [0, 0.05) is 25.5 Å². The van der Waals surface area contributed by atoms with Gasteiger partial charge in [0.05, 0.1) is 12.6 Å². The molecule has 2 amide bonds. The highest BCUT2D eigenvalue weighted by atomic mass is 16.5. The van der Waals surface area contributed by atoms with E-state index >= 15 is 0 Å². The van der Waals surface area contributed by atoms with Gasteiger partial charge in [-0.25, -0.2) is 4.79 Å². The lowest BCUT2D eigenvalue weighted by atomic mass is 9.72. The van der Waals surface area contributed by atoms with Gasteiger partial charge in [-0.2, -0.15) is 0 Å². The lowest BCUT2D eigenvalue weighted by Crippen LogP contribution is -2.52. The number of nitrogens with zero attached hydrogens (tertiary/aromatic N) is 1. The zero-order valence-corrected chi connectivity index (χ0v) is 15.9. The molecule has 0 bridgehead atoms. The maximum atomic E-state index is 12.7. The maximum Gasteiger partial charge on any atom is 0.319 e. The highest BCUT2D eigenvalue weighted by Gasteiger charge is 2.40. The first-order chi connectivity index (χ1) is 12.4. The van der Waals surface area contributed by atoms with Gasteiger partial charge in [0.15, 0.2) is 0 Å². The first kappa shape index (κ1) is 18.1. The van der Waals surface area contributed by atoms with Crippen molar-refractivity contribution in [2.75, 3.05) is 31.4 Å². The average Bonchev–Trinajstić information content (AvgIpc) is 2.59. The summed E-state index contributed by atoms with van der Waals surface area (Å²) in [7, 11) is 5.66. The number of rotatable bonds is 5. The standard InChI is InChI=1S/C21H27N3O2/c1-15-18(10-6-11-19(15)24(2)3)22-20(25)23-21(12-7-13-21)16-8-5-9-17(14-16)26-4/h5-6,8-11,14H,7,12-13H2,1-4H3,(H2,22,23,25). The molecule has 5 heteroatoms. The zero-order chi connectivity index (χ0) is 18.7. The van der Waals surface area contributed by atoms with E-state index in [0.29, 0.717) is 0 Å². The molecule has 0 spiro atoms. The smallest absolute Gasteiger partial charge is 0.319 e.